The molecule has 0 aliphatic rings. The number of hydrogen-bond donors (Lipinski definition) is 0. The molecule has 0 bridgehead atoms. The maximum absolute atomic E-state index is 2.53. The van der Waals surface area contributed by atoms with Gasteiger partial charge in [0.05, 0.1) is 16.1 Å². The van der Waals surface area contributed by atoms with Gasteiger partial charge in [0, 0.05) is 0 Å². The van der Waals surface area contributed by atoms with Gasteiger partial charge in [0.25, 0.3) is 0 Å². The lowest BCUT2D eigenvalue weighted by molar-refractivity contribution is 1.32. The van der Waals surface area contributed by atoms with Crippen LogP contribution in [0.2, 0.25) is 39.3 Å². The van der Waals surface area contributed by atoms with Gasteiger partial charge in [-0.2, -0.15) is 0 Å². The lowest BCUT2D eigenvalue weighted by atomic mass is 9.91. The highest BCUT2D eigenvalue weighted by Crippen LogP contribution is 2.34. The van der Waals surface area contributed by atoms with Gasteiger partial charge in [-0.05, 0) is 97.2 Å². The summed E-state index contributed by atoms with van der Waals surface area (Å²) in [5.74, 6) is 0. The van der Waals surface area contributed by atoms with Crippen LogP contribution >= 0.6 is 0 Å². The summed E-state index contributed by atoms with van der Waals surface area (Å²) in [6, 6.07) is 24.0. The lowest BCUT2D eigenvalue weighted by Crippen LogP contribution is -2.43. The summed E-state index contributed by atoms with van der Waals surface area (Å²) in [6.07, 6.45) is 0. The van der Waals surface area contributed by atoms with Crippen molar-refractivity contribution in [3.8, 4) is 33.4 Å². The van der Waals surface area contributed by atoms with E-state index in [4.69, 9.17) is 0 Å². The largest absolute Gasteiger partial charge is 0.0784 e. The molecule has 2 heteroatoms. The van der Waals surface area contributed by atoms with Crippen molar-refractivity contribution in [1.82, 2.24) is 0 Å². The molecular formula is C36H46Si2. The number of aryl methyl sites for hydroxylation is 6. The summed E-state index contributed by atoms with van der Waals surface area (Å²) in [5, 5.41) is 3.12. The average Bonchev–Trinajstić information content (AvgIpc) is 2.76. The normalized spacial score (nSPS) is 12.2. The van der Waals surface area contributed by atoms with E-state index in [-0.39, 0.29) is 0 Å². The SMILES string of the molecule is Cc1cc(C)c(-c2ccc(-c3ccc(-c4c(C)cc(C)cc4C)cc3[Si](C)(C)C)c([Si](C)(C)C)c2)c(C)c1. The fraction of sp³-hybridized carbons (Fsp3) is 0.333. The van der Waals surface area contributed by atoms with Crippen molar-refractivity contribution in [3.63, 3.8) is 0 Å². The van der Waals surface area contributed by atoms with Gasteiger partial charge < -0.3 is 0 Å². The van der Waals surface area contributed by atoms with Crippen molar-refractivity contribution in [1.29, 1.82) is 0 Å². The van der Waals surface area contributed by atoms with Gasteiger partial charge in [0.1, 0.15) is 0 Å². The van der Waals surface area contributed by atoms with E-state index in [1.807, 2.05) is 0 Å². The molecule has 0 saturated heterocycles. The summed E-state index contributed by atoms with van der Waals surface area (Å²) in [5.41, 5.74) is 16.5. The summed E-state index contributed by atoms with van der Waals surface area (Å²) >= 11 is 0. The summed E-state index contributed by atoms with van der Waals surface area (Å²) in [7, 11) is -3.28. The molecule has 4 rings (SSSR count). The van der Waals surface area contributed by atoms with Crippen LogP contribution in [-0.2, 0) is 0 Å². The quantitative estimate of drug-likeness (QED) is 0.224. The highest BCUT2D eigenvalue weighted by molar-refractivity contribution is 6.91. The van der Waals surface area contributed by atoms with Crippen LogP contribution in [-0.4, -0.2) is 16.1 Å². The third kappa shape index (κ3) is 5.53. The Labute approximate surface area is 234 Å². The second-order valence-electron chi connectivity index (χ2n) is 13.6. The van der Waals surface area contributed by atoms with E-state index >= 15 is 0 Å². The van der Waals surface area contributed by atoms with Crippen LogP contribution in [0.3, 0.4) is 0 Å². The predicted molar refractivity (Wildman–Crippen MR) is 177 cm³/mol. The summed E-state index contributed by atoms with van der Waals surface area (Å²) in [4.78, 5) is 0. The number of rotatable bonds is 5. The van der Waals surface area contributed by atoms with Crippen molar-refractivity contribution in [3.05, 3.63) is 94.0 Å². The minimum absolute atomic E-state index is 1.34. The molecule has 0 atom stereocenters. The van der Waals surface area contributed by atoms with Crippen molar-refractivity contribution in [2.45, 2.75) is 80.8 Å². The van der Waals surface area contributed by atoms with Crippen LogP contribution < -0.4 is 10.4 Å². The highest BCUT2D eigenvalue weighted by atomic mass is 28.3. The molecule has 0 aliphatic heterocycles. The fourth-order valence-electron chi connectivity index (χ4n) is 6.38. The molecule has 0 heterocycles. The van der Waals surface area contributed by atoms with Gasteiger partial charge in [-0.1, -0.05) is 121 Å². The molecule has 0 radical (unpaired) electrons. The van der Waals surface area contributed by atoms with Gasteiger partial charge >= 0.3 is 0 Å². The molecular weight excluding hydrogens is 489 g/mol. The summed E-state index contributed by atoms with van der Waals surface area (Å²) < 4.78 is 0. The smallest absolute Gasteiger partial charge is 0.0656 e. The van der Waals surface area contributed by atoms with E-state index in [9.17, 15) is 0 Å². The van der Waals surface area contributed by atoms with Gasteiger partial charge in [0.2, 0.25) is 0 Å². The standard InChI is InChI=1S/C36H46Si2/c1-23-17-25(3)35(26(4)18-23)29-13-15-31(33(21-29)37(7,8)9)32-16-14-30(22-34(32)38(10,11)12)36-27(5)19-24(2)20-28(36)6/h13-22H,1-12H3. The zero-order valence-electron chi connectivity index (χ0n) is 25.8. The Morgan fingerprint density at radius 3 is 0.947 bits per heavy atom. The van der Waals surface area contributed by atoms with Crippen LogP contribution in [0.5, 0.6) is 0 Å². The molecule has 0 aromatic heterocycles. The zero-order valence-corrected chi connectivity index (χ0v) is 27.8. The predicted octanol–water partition coefficient (Wildman–Crippen LogP) is 9.63. The highest BCUT2D eigenvalue weighted by Gasteiger charge is 2.27. The van der Waals surface area contributed by atoms with E-state index < -0.39 is 16.1 Å². The van der Waals surface area contributed by atoms with E-state index in [1.165, 1.54) is 66.8 Å². The van der Waals surface area contributed by atoms with Crippen LogP contribution in [0.4, 0.5) is 0 Å². The first-order chi connectivity index (χ1) is 17.6. The van der Waals surface area contributed by atoms with Crippen molar-refractivity contribution < 1.29 is 0 Å². The second kappa shape index (κ2) is 10.1. The van der Waals surface area contributed by atoms with E-state index in [0.29, 0.717) is 0 Å². The minimum atomic E-state index is -1.64. The molecule has 0 saturated carbocycles. The Morgan fingerprint density at radius 1 is 0.395 bits per heavy atom. The topological polar surface area (TPSA) is 0 Å². The monoisotopic (exact) mass is 534 g/mol. The average molecular weight is 535 g/mol. The van der Waals surface area contributed by atoms with E-state index in [0.717, 1.165) is 0 Å². The van der Waals surface area contributed by atoms with Crippen LogP contribution in [0.15, 0.2) is 60.7 Å². The molecule has 4 aromatic carbocycles. The zero-order chi connectivity index (χ0) is 28.2. The minimum Gasteiger partial charge on any atom is -0.0656 e. The van der Waals surface area contributed by atoms with E-state index in [1.54, 1.807) is 10.4 Å². The fourth-order valence-corrected chi connectivity index (χ4v) is 9.61. The Balaban J connectivity index is 1.97. The van der Waals surface area contributed by atoms with Gasteiger partial charge in [-0.25, -0.2) is 0 Å². The molecule has 38 heavy (non-hydrogen) atoms. The maximum atomic E-state index is 2.53. The first kappa shape index (κ1) is 28.3. The molecule has 4 aromatic rings. The van der Waals surface area contributed by atoms with Gasteiger partial charge in [-0.3, -0.25) is 0 Å². The Morgan fingerprint density at radius 2 is 0.684 bits per heavy atom. The van der Waals surface area contributed by atoms with Crippen LogP contribution in [0.1, 0.15) is 33.4 Å². The molecule has 0 nitrogen and oxygen atoms in total. The van der Waals surface area contributed by atoms with Crippen LogP contribution in [0.25, 0.3) is 33.4 Å². The molecule has 0 amide bonds. The second-order valence-corrected chi connectivity index (χ2v) is 23.6. The van der Waals surface area contributed by atoms with Crippen molar-refractivity contribution in [2.24, 2.45) is 0 Å². The Hall–Kier alpha value is -2.69. The maximum Gasteiger partial charge on any atom is 0.0784 e. The number of hydrogen-bond acceptors (Lipinski definition) is 0. The first-order valence-electron chi connectivity index (χ1n) is 14.0. The molecule has 198 valence electrons. The summed E-state index contributed by atoms with van der Waals surface area (Å²) in [6.45, 7) is 28.4. The molecule has 0 fully saturated rings. The lowest BCUT2D eigenvalue weighted by Gasteiger charge is -2.28. The first-order valence-corrected chi connectivity index (χ1v) is 21.0. The Kier molecular flexibility index (Phi) is 7.55. The third-order valence-electron chi connectivity index (χ3n) is 7.88. The Bertz CT molecular complexity index is 1360. The molecule has 0 spiro atoms. The van der Waals surface area contributed by atoms with Crippen LogP contribution in [0, 0.1) is 41.5 Å². The molecule has 0 unspecified atom stereocenters. The van der Waals surface area contributed by atoms with Crippen molar-refractivity contribution in [2.75, 3.05) is 0 Å². The third-order valence-corrected chi connectivity index (χ3v) is 11.9. The van der Waals surface area contributed by atoms with Gasteiger partial charge in [-0.15, -0.1) is 0 Å². The van der Waals surface area contributed by atoms with Gasteiger partial charge in [0.15, 0.2) is 0 Å². The number of benzene rings is 4. The van der Waals surface area contributed by atoms with Crippen molar-refractivity contribution >= 4 is 26.5 Å². The van der Waals surface area contributed by atoms with E-state index in [2.05, 4.69) is 141 Å². The molecule has 0 aliphatic carbocycles. The molecule has 0 N–H and O–H groups in total.